The van der Waals surface area contributed by atoms with Gasteiger partial charge in [-0.2, -0.15) is 0 Å². The first-order valence-electron chi connectivity index (χ1n) is 8.55. The Morgan fingerprint density at radius 1 is 1.29 bits per heavy atom. The first-order chi connectivity index (χ1) is 13.5. The first-order valence-corrected chi connectivity index (χ1v) is 9.43. The molecule has 1 aromatic heterocycles. The lowest BCUT2D eigenvalue weighted by atomic mass is 10.2. The van der Waals surface area contributed by atoms with Crippen LogP contribution in [0.2, 0.25) is 0 Å². The fraction of sp³-hybridized carbons (Fsp3) is 0.333. The number of rotatable bonds is 7. The average Bonchev–Trinajstić information content (AvgIpc) is 3.30. The Hall–Kier alpha value is -3.14. The van der Waals surface area contributed by atoms with Crippen LogP contribution in [-0.2, 0) is 20.8 Å². The number of benzene rings is 1. The predicted molar refractivity (Wildman–Crippen MR) is 104 cm³/mol. The summed E-state index contributed by atoms with van der Waals surface area (Å²) in [6.45, 7) is 0. The van der Waals surface area contributed by atoms with Gasteiger partial charge in [0.15, 0.2) is 5.13 Å². The molecule has 3 rings (SSSR count). The second-order valence-electron chi connectivity index (χ2n) is 6.08. The molecule has 1 atom stereocenters. The zero-order valence-electron chi connectivity index (χ0n) is 15.4. The van der Waals surface area contributed by atoms with Gasteiger partial charge in [0.2, 0.25) is 17.7 Å². The van der Waals surface area contributed by atoms with Crippen molar-refractivity contribution < 1.29 is 23.9 Å². The summed E-state index contributed by atoms with van der Waals surface area (Å²) in [5.74, 6) is 0.382. The van der Waals surface area contributed by atoms with E-state index in [9.17, 15) is 14.4 Å². The van der Waals surface area contributed by atoms with E-state index in [0.29, 0.717) is 40.9 Å². The number of hydrogen-bond acceptors (Lipinski definition) is 7. The molecule has 28 heavy (non-hydrogen) atoms. The molecule has 10 heteroatoms. The van der Waals surface area contributed by atoms with Gasteiger partial charge in [0.05, 0.1) is 32.0 Å². The van der Waals surface area contributed by atoms with Gasteiger partial charge in [0.25, 0.3) is 0 Å². The molecule has 1 aliphatic heterocycles. The van der Waals surface area contributed by atoms with E-state index < -0.39 is 6.04 Å². The Morgan fingerprint density at radius 3 is 2.79 bits per heavy atom. The monoisotopic (exact) mass is 404 g/mol. The van der Waals surface area contributed by atoms with Crippen LogP contribution in [0.3, 0.4) is 0 Å². The number of aromatic nitrogens is 1. The number of amides is 3. The Kier molecular flexibility index (Phi) is 6.09. The van der Waals surface area contributed by atoms with Crippen LogP contribution in [0.5, 0.6) is 11.5 Å². The van der Waals surface area contributed by atoms with Gasteiger partial charge in [-0.15, -0.1) is 11.3 Å². The number of ether oxygens (including phenoxy) is 2. The standard InChI is InChI=1S/C18H20N4O5S/c1-26-11-3-5-14(27-2)13(8-11)21-16(24)7-10-9-28-18(19-10)22-17(25)12-4-6-15(23)20-12/h3,5,8-9,12H,4,6-7H2,1-2H3,(H,20,23)(H,21,24)(H,19,22,25). The van der Waals surface area contributed by atoms with Crippen LogP contribution in [0, 0.1) is 0 Å². The van der Waals surface area contributed by atoms with Gasteiger partial charge < -0.3 is 25.4 Å². The molecular formula is C18H20N4O5S. The van der Waals surface area contributed by atoms with E-state index in [1.807, 2.05) is 0 Å². The van der Waals surface area contributed by atoms with Crippen LogP contribution < -0.4 is 25.4 Å². The zero-order chi connectivity index (χ0) is 20.1. The van der Waals surface area contributed by atoms with Crippen molar-refractivity contribution in [1.82, 2.24) is 10.3 Å². The molecular weight excluding hydrogens is 384 g/mol. The minimum atomic E-state index is -0.538. The largest absolute Gasteiger partial charge is 0.497 e. The van der Waals surface area contributed by atoms with E-state index in [2.05, 4.69) is 20.9 Å². The number of carbonyl (C=O) groups excluding carboxylic acids is 3. The number of carbonyl (C=O) groups is 3. The molecule has 0 radical (unpaired) electrons. The maximum absolute atomic E-state index is 12.3. The van der Waals surface area contributed by atoms with Crippen molar-refractivity contribution >= 4 is 39.9 Å². The highest BCUT2D eigenvalue weighted by molar-refractivity contribution is 7.13. The lowest BCUT2D eigenvalue weighted by Crippen LogP contribution is -2.37. The molecule has 0 bridgehead atoms. The van der Waals surface area contributed by atoms with E-state index in [-0.39, 0.29) is 24.1 Å². The molecule has 1 unspecified atom stereocenters. The van der Waals surface area contributed by atoms with E-state index >= 15 is 0 Å². The van der Waals surface area contributed by atoms with Gasteiger partial charge >= 0.3 is 0 Å². The molecule has 0 saturated carbocycles. The van der Waals surface area contributed by atoms with Crippen molar-refractivity contribution in [3.05, 3.63) is 29.3 Å². The van der Waals surface area contributed by atoms with E-state index in [1.54, 1.807) is 23.6 Å². The summed E-state index contributed by atoms with van der Waals surface area (Å²) in [6.07, 6.45) is 0.843. The Morgan fingerprint density at radius 2 is 2.11 bits per heavy atom. The summed E-state index contributed by atoms with van der Waals surface area (Å²) in [5, 5.41) is 10.1. The highest BCUT2D eigenvalue weighted by Crippen LogP contribution is 2.29. The number of hydrogen-bond donors (Lipinski definition) is 3. The smallest absolute Gasteiger partial charge is 0.248 e. The average molecular weight is 404 g/mol. The molecule has 2 aromatic rings. The molecule has 1 aliphatic rings. The van der Waals surface area contributed by atoms with Gasteiger partial charge in [0.1, 0.15) is 17.5 Å². The maximum atomic E-state index is 12.3. The zero-order valence-corrected chi connectivity index (χ0v) is 16.2. The highest BCUT2D eigenvalue weighted by atomic mass is 32.1. The molecule has 2 heterocycles. The molecule has 1 aromatic carbocycles. The molecule has 3 amide bonds. The van der Waals surface area contributed by atoms with Crippen molar-refractivity contribution in [3.8, 4) is 11.5 Å². The van der Waals surface area contributed by atoms with Crippen LogP contribution in [0.1, 0.15) is 18.5 Å². The molecule has 1 saturated heterocycles. The predicted octanol–water partition coefficient (Wildman–Crippen LogP) is 1.56. The number of anilines is 2. The molecule has 0 aliphatic carbocycles. The molecule has 3 N–H and O–H groups in total. The summed E-state index contributed by atoms with van der Waals surface area (Å²) >= 11 is 1.22. The quantitative estimate of drug-likeness (QED) is 0.644. The van der Waals surface area contributed by atoms with Crippen molar-refractivity contribution in [2.75, 3.05) is 24.9 Å². The Balaban J connectivity index is 1.58. The van der Waals surface area contributed by atoms with Crippen molar-refractivity contribution in [2.24, 2.45) is 0 Å². The summed E-state index contributed by atoms with van der Waals surface area (Å²) in [6, 6.07) is 4.56. The maximum Gasteiger partial charge on any atom is 0.248 e. The van der Waals surface area contributed by atoms with Gasteiger partial charge in [-0.1, -0.05) is 0 Å². The normalized spacial score (nSPS) is 15.6. The van der Waals surface area contributed by atoms with E-state index in [1.165, 1.54) is 25.6 Å². The molecule has 9 nitrogen and oxygen atoms in total. The minimum Gasteiger partial charge on any atom is -0.497 e. The van der Waals surface area contributed by atoms with Gasteiger partial charge in [0, 0.05) is 17.9 Å². The summed E-state index contributed by atoms with van der Waals surface area (Å²) in [7, 11) is 3.05. The number of nitrogens with one attached hydrogen (secondary N) is 3. The summed E-state index contributed by atoms with van der Waals surface area (Å²) in [4.78, 5) is 39.9. The van der Waals surface area contributed by atoms with E-state index in [0.717, 1.165) is 0 Å². The van der Waals surface area contributed by atoms with Crippen molar-refractivity contribution in [2.45, 2.75) is 25.3 Å². The second kappa shape index (κ2) is 8.70. The van der Waals surface area contributed by atoms with Crippen molar-refractivity contribution in [1.29, 1.82) is 0 Å². The SMILES string of the molecule is COc1ccc(OC)c(NC(=O)Cc2csc(NC(=O)C3CCC(=O)N3)n2)c1. The first kappa shape index (κ1) is 19.6. The van der Waals surface area contributed by atoms with Gasteiger partial charge in [-0.05, 0) is 18.6 Å². The fourth-order valence-corrected chi connectivity index (χ4v) is 3.43. The van der Waals surface area contributed by atoms with Gasteiger partial charge in [-0.3, -0.25) is 14.4 Å². The third kappa shape index (κ3) is 4.77. The molecule has 1 fully saturated rings. The van der Waals surface area contributed by atoms with E-state index in [4.69, 9.17) is 9.47 Å². The van der Waals surface area contributed by atoms with Crippen molar-refractivity contribution in [3.63, 3.8) is 0 Å². The minimum absolute atomic E-state index is 0.0346. The van der Waals surface area contributed by atoms with Crippen LogP contribution in [0.4, 0.5) is 10.8 Å². The molecule has 148 valence electrons. The second-order valence-corrected chi connectivity index (χ2v) is 6.94. The fourth-order valence-electron chi connectivity index (χ4n) is 2.72. The van der Waals surface area contributed by atoms with Crippen LogP contribution >= 0.6 is 11.3 Å². The number of nitrogens with zero attached hydrogens (tertiary/aromatic N) is 1. The van der Waals surface area contributed by atoms with Crippen LogP contribution in [0.15, 0.2) is 23.6 Å². The third-order valence-corrected chi connectivity index (χ3v) is 4.92. The Bertz CT molecular complexity index is 898. The topological polar surface area (TPSA) is 119 Å². The van der Waals surface area contributed by atoms with Crippen LogP contribution in [0.25, 0.3) is 0 Å². The summed E-state index contributed by atoms with van der Waals surface area (Å²) in [5.41, 5.74) is 1.02. The Labute approximate surface area is 165 Å². The highest BCUT2D eigenvalue weighted by Gasteiger charge is 2.27. The number of methoxy groups -OCH3 is 2. The lowest BCUT2D eigenvalue weighted by molar-refractivity contribution is -0.122. The number of thiazole rings is 1. The lowest BCUT2D eigenvalue weighted by Gasteiger charge is -2.11. The third-order valence-electron chi connectivity index (χ3n) is 4.12. The molecule has 0 spiro atoms. The van der Waals surface area contributed by atoms with Crippen LogP contribution in [-0.4, -0.2) is 43.0 Å². The summed E-state index contributed by atoms with van der Waals surface area (Å²) < 4.78 is 10.4. The van der Waals surface area contributed by atoms with Gasteiger partial charge in [-0.25, -0.2) is 4.98 Å².